The Kier molecular flexibility index (Phi) is 4.45. The predicted octanol–water partition coefficient (Wildman–Crippen LogP) is 6.51. The Hall–Kier alpha value is -1.24. The van der Waals surface area contributed by atoms with Gasteiger partial charge >= 0.3 is 0 Å². The topological polar surface area (TPSA) is 37.5 Å². The summed E-state index contributed by atoms with van der Waals surface area (Å²) in [5, 5.41) is 10.7. The van der Waals surface area contributed by atoms with Crippen LogP contribution in [0, 0.1) is 3.95 Å². The molecule has 0 amide bonds. The number of fused-ring (bicyclic) bond motifs is 1. The number of aromatic hydroxyl groups is 1. The average molecular weight is 421 g/mol. The molecule has 2 aromatic rings. The maximum atomic E-state index is 10.7. The molecule has 3 nitrogen and oxygen atoms in total. The summed E-state index contributed by atoms with van der Waals surface area (Å²) in [6.45, 7) is 0. The van der Waals surface area contributed by atoms with Crippen LogP contribution in [-0.2, 0) is 0 Å². The Bertz CT molecular complexity index is 904. The zero-order valence-corrected chi connectivity index (χ0v) is 16.3. The number of rotatable bonds is 2. The van der Waals surface area contributed by atoms with E-state index in [2.05, 4.69) is 27.0 Å². The van der Waals surface area contributed by atoms with Crippen molar-refractivity contribution in [1.29, 1.82) is 0 Å². The molecule has 1 aliphatic heterocycles. The van der Waals surface area contributed by atoms with Crippen molar-refractivity contribution >= 4 is 63.0 Å². The lowest BCUT2D eigenvalue weighted by atomic mass is 9.95. The van der Waals surface area contributed by atoms with E-state index in [0.29, 0.717) is 11.9 Å². The molecule has 0 radical (unpaired) electrons. The minimum Gasteiger partial charge on any atom is -0.493 e. The van der Waals surface area contributed by atoms with E-state index in [1.54, 1.807) is 0 Å². The zero-order chi connectivity index (χ0) is 16.7. The van der Waals surface area contributed by atoms with Crippen LogP contribution < -0.4 is 0 Å². The Morgan fingerprint density at radius 2 is 2.08 bits per heavy atom. The molecule has 4 rings (SSSR count). The summed E-state index contributed by atoms with van der Waals surface area (Å²) in [5.41, 5.74) is 3.04. The van der Waals surface area contributed by atoms with Gasteiger partial charge in [-0.2, -0.15) is 0 Å². The van der Waals surface area contributed by atoms with Gasteiger partial charge < -0.3 is 5.11 Å². The van der Waals surface area contributed by atoms with Gasteiger partial charge in [0, 0.05) is 27.9 Å². The first-order valence-corrected chi connectivity index (χ1v) is 10.2. The van der Waals surface area contributed by atoms with Gasteiger partial charge in [-0.25, -0.2) is 0 Å². The molecule has 1 aromatic heterocycles. The van der Waals surface area contributed by atoms with Gasteiger partial charge in [0.15, 0.2) is 3.95 Å². The fraction of sp³-hybridized carbons (Fsp3) is 0.333. The highest BCUT2D eigenvalue weighted by molar-refractivity contribution is 9.10. The van der Waals surface area contributed by atoms with Crippen molar-refractivity contribution in [1.82, 2.24) is 4.57 Å². The first-order valence-electron chi connectivity index (χ1n) is 8.13. The Morgan fingerprint density at radius 3 is 2.88 bits per heavy atom. The summed E-state index contributed by atoms with van der Waals surface area (Å²) in [6, 6.07) is 6.38. The molecular formula is C18H17BrN2OS2. The molecule has 0 saturated heterocycles. The maximum Gasteiger partial charge on any atom is 0.210 e. The molecule has 0 bridgehead atoms. The third kappa shape index (κ3) is 2.91. The highest BCUT2D eigenvalue weighted by Gasteiger charge is 2.22. The molecule has 0 spiro atoms. The van der Waals surface area contributed by atoms with E-state index in [0.717, 1.165) is 43.0 Å². The van der Waals surface area contributed by atoms with Crippen molar-refractivity contribution in [3.05, 3.63) is 37.1 Å². The minimum atomic E-state index is 0.307. The number of thiazole rings is 1. The molecule has 1 aliphatic carbocycles. The number of hydrogen-bond donors (Lipinski definition) is 1. The lowest BCUT2D eigenvalue weighted by molar-refractivity contribution is 0.312. The number of nitrogens with zero attached hydrogens (tertiary/aromatic N) is 2. The van der Waals surface area contributed by atoms with Crippen LogP contribution in [-0.4, -0.2) is 15.9 Å². The lowest BCUT2D eigenvalue weighted by Gasteiger charge is -2.23. The largest absolute Gasteiger partial charge is 0.493 e. The minimum absolute atomic E-state index is 0.307. The number of aliphatic imine (C=N–C) groups is 1. The van der Waals surface area contributed by atoms with Crippen LogP contribution in [0.15, 0.2) is 27.7 Å². The van der Waals surface area contributed by atoms with Crippen LogP contribution in [0.4, 0.5) is 5.69 Å². The first-order chi connectivity index (χ1) is 11.6. The number of hydrogen-bond acceptors (Lipinski definition) is 4. The van der Waals surface area contributed by atoms with Crippen LogP contribution in [0.1, 0.15) is 48.6 Å². The van der Waals surface area contributed by atoms with Crippen molar-refractivity contribution in [2.24, 2.45) is 4.99 Å². The van der Waals surface area contributed by atoms with Gasteiger partial charge in [0.05, 0.1) is 10.6 Å². The molecule has 6 heteroatoms. The maximum absolute atomic E-state index is 10.7. The van der Waals surface area contributed by atoms with Crippen LogP contribution in [0.5, 0.6) is 5.88 Å². The van der Waals surface area contributed by atoms with E-state index in [1.807, 2.05) is 29.0 Å². The van der Waals surface area contributed by atoms with Crippen molar-refractivity contribution in [3.63, 3.8) is 0 Å². The molecule has 0 unspecified atom stereocenters. The smallest absolute Gasteiger partial charge is 0.210 e. The second-order valence-electron chi connectivity index (χ2n) is 6.24. The molecule has 1 N–H and O–H groups in total. The number of aromatic nitrogens is 1. The fourth-order valence-electron chi connectivity index (χ4n) is 3.47. The van der Waals surface area contributed by atoms with Crippen LogP contribution in [0.3, 0.4) is 0 Å². The van der Waals surface area contributed by atoms with Crippen molar-refractivity contribution in [2.75, 3.05) is 0 Å². The fourth-order valence-corrected chi connectivity index (χ4v) is 5.23. The molecule has 0 atom stereocenters. The molecule has 1 aromatic carbocycles. The standard InChI is InChI=1S/C18H17BrN2OS2/c19-12-6-7-15-14(9-12)11(10-20-15)8-16-17(22)21(18(23)24-16)13-4-2-1-3-5-13/h6-10,13,22H,1-5H2. The second kappa shape index (κ2) is 6.58. The highest BCUT2D eigenvalue weighted by Crippen LogP contribution is 2.40. The second-order valence-corrected chi connectivity index (χ2v) is 8.83. The first kappa shape index (κ1) is 16.2. The summed E-state index contributed by atoms with van der Waals surface area (Å²) in [6.07, 6.45) is 9.77. The zero-order valence-electron chi connectivity index (χ0n) is 13.0. The summed E-state index contributed by atoms with van der Waals surface area (Å²) in [4.78, 5) is 5.26. The van der Waals surface area contributed by atoms with E-state index in [9.17, 15) is 5.11 Å². The molecule has 24 heavy (non-hydrogen) atoms. The van der Waals surface area contributed by atoms with Crippen molar-refractivity contribution in [2.45, 2.75) is 38.1 Å². The van der Waals surface area contributed by atoms with Gasteiger partial charge in [-0.3, -0.25) is 9.56 Å². The quantitative estimate of drug-likeness (QED) is 0.562. The Morgan fingerprint density at radius 1 is 1.29 bits per heavy atom. The summed E-state index contributed by atoms with van der Waals surface area (Å²) < 4.78 is 3.74. The van der Waals surface area contributed by atoms with Crippen molar-refractivity contribution < 1.29 is 5.11 Å². The third-order valence-corrected chi connectivity index (χ3v) is 6.51. The van der Waals surface area contributed by atoms with Gasteiger partial charge in [-0.15, -0.1) is 11.3 Å². The lowest BCUT2D eigenvalue weighted by Crippen LogP contribution is -2.12. The van der Waals surface area contributed by atoms with E-state index in [1.165, 1.54) is 30.6 Å². The molecule has 2 heterocycles. The van der Waals surface area contributed by atoms with Crippen LogP contribution in [0.2, 0.25) is 0 Å². The Labute approximate surface area is 158 Å². The average Bonchev–Trinajstić information content (AvgIpc) is 3.09. The molecular weight excluding hydrogens is 404 g/mol. The summed E-state index contributed by atoms with van der Waals surface area (Å²) in [5.74, 6) is 0.307. The highest BCUT2D eigenvalue weighted by atomic mass is 79.9. The van der Waals surface area contributed by atoms with E-state index >= 15 is 0 Å². The normalized spacial score (nSPS) is 19.1. The monoisotopic (exact) mass is 420 g/mol. The number of allylic oxidation sites excluding steroid dienone is 1. The predicted molar refractivity (Wildman–Crippen MR) is 107 cm³/mol. The third-order valence-electron chi connectivity index (χ3n) is 4.68. The number of halogens is 1. The van der Waals surface area contributed by atoms with Crippen LogP contribution in [0.25, 0.3) is 11.6 Å². The van der Waals surface area contributed by atoms with Gasteiger partial charge in [0.25, 0.3) is 0 Å². The Balaban J connectivity index is 1.73. The van der Waals surface area contributed by atoms with Gasteiger partial charge in [0.2, 0.25) is 5.88 Å². The van der Waals surface area contributed by atoms with Crippen molar-refractivity contribution in [3.8, 4) is 5.88 Å². The molecule has 1 saturated carbocycles. The van der Waals surface area contributed by atoms with Gasteiger partial charge in [-0.05, 0) is 49.3 Å². The molecule has 124 valence electrons. The molecule has 1 fully saturated rings. The van der Waals surface area contributed by atoms with Crippen LogP contribution >= 0.6 is 39.5 Å². The summed E-state index contributed by atoms with van der Waals surface area (Å²) in [7, 11) is 0. The van der Waals surface area contributed by atoms with Gasteiger partial charge in [-0.1, -0.05) is 35.2 Å². The van der Waals surface area contributed by atoms with E-state index < -0.39 is 0 Å². The van der Waals surface area contributed by atoms with Gasteiger partial charge in [0.1, 0.15) is 0 Å². The summed E-state index contributed by atoms with van der Waals surface area (Å²) >= 11 is 10.5. The van der Waals surface area contributed by atoms with E-state index in [-0.39, 0.29) is 0 Å². The number of benzene rings is 1. The molecule has 2 aliphatic rings. The SMILES string of the molecule is Oc1c(C=C2C=Nc3ccc(Br)cc32)sc(=S)n1C1CCCCC1. The van der Waals surface area contributed by atoms with E-state index in [4.69, 9.17) is 12.2 Å².